The maximum atomic E-state index is 13.0. The van der Waals surface area contributed by atoms with Crippen LogP contribution in [0, 0.1) is 11.3 Å². The van der Waals surface area contributed by atoms with Gasteiger partial charge >= 0.3 is 0 Å². The number of hydrogen-bond acceptors (Lipinski definition) is 5. The molecule has 4 heterocycles. The average molecular weight is 373 g/mol. The Labute approximate surface area is 159 Å². The first kappa shape index (κ1) is 18.2. The molecule has 0 radical (unpaired) electrons. The second kappa shape index (κ2) is 7.11. The zero-order valence-corrected chi connectivity index (χ0v) is 16.0. The number of likely N-dealkylation sites (tertiary alicyclic amines) is 2. The van der Waals surface area contributed by atoms with Gasteiger partial charge in [0, 0.05) is 38.7 Å². The largest absolute Gasteiger partial charge is 0.491 e. The molecule has 1 aromatic heterocycles. The Morgan fingerprint density at radius 1 is 1.33 bits per heavy atom. The number of pyridine rings is 1. The molecule has 1 spiro atoms. The van der Waals surface area contributed by atoms with Crippen LogP contribution < -0.4 is 4.74 Å². The van der Waals surface area contributed by atoms with Gasteiger partial charge in [-0.25, -0.2) is 4.98 Å². The fourth-order valence-corrected chi connectivity index (χ4v) is 5.01. The highest BCUT2D eigenvalue weighted by atomic mass is 16.5. The summed E-state index contributed by atoms with van der Waals surface area (Å²) in [6.07, 6.45) is 3.41. The third-order valence-electron chi connectivity index (χ3n) is 6.45. The van der Waals surface area contributed by atoms with Gasteiger partial charge in [0.2, 0.25) is 5.91 Å². The van der Waals surface area contributed by atoms with Gasteiger partial charge in [0.25, 0.3) is 5.91 Å². The molecule has 0 aliphatic carbocycles. The zero-order chi connectivity index (χ0) is 19.0. The Hall–Kier alpha value is -2.15. The van der Waals surface area contributed by atoms with Crippen molar-refractivity contribution in [3.05, 3.63) is 24.0 Å². The molecule has 0 saturated carbocycles. The molecular formula is C20H27N3O4. The molecule has 7 heteroatoms. The van der Waals surface area contributed by atoms with Crippen LogP contribution in [0.3, 0.4) is 0 Å². The molecule has 2 atom stereocenters. The van der Waals surface area contributed by atoms with Gasteiger partial charge in [-0.15, -0.1) is 0 Å². The first-order valence-electron chi connectivity index (χ1n) is 9.78. The lowest BCUT2D eigenvalue weighted by Crippen LogP contribution is -2.47. The van der Waals surface area contributed by atoms with E-state index in [1.807, 2.05) is 16.7 Å². The van der Waals surface area contributed by atoms with Crippen molar-refractivity contribution in [2.75, 3.05) is 39.5 Å². The van der Waals surface area contributed by atoms with Crippen LogP contribution in [0.5, 0.6) is 5.75 Å². The molecule has 3 aliphatic heterocycles. The van der Waals surface area contributed by atoms with E-state index in [1.54, 1.807) is 25.3 Å². The standard InChI is InChI=1S/C20H27N3O4/c1-3-27-17-5-4-8-21-18(17)19(25)22-9-6-20(7-10-22)13-23(14(2)24)16-12-26-11-15(16)20/h4-5,8,15-16H,3,6-7,9-13H2,1-2H3/t15-,16+/m0/s1. The highest BCUT2D eigenvalue weighted by molar-refractivity contribution is 5.95. The molecule has 27 heavy (non-hydrogen) atoms. The van der Waals surface area contributed by atoms with Gasteiger partial charge in [-0.3, -0.25) is 9.59 Å². The van der Waals surface area contributed by atoms with Crippen molar-refractivity contribution in [3.8, 4) is 5.75 Å². The average Bonchev–Trinajstić information content (AvgIpc) is 3.26. The molecule has 7 nitrogen and oxygen atoms in total. The van der Waals surface area contributed by atoms with Crippen molar-refractivity contribution in [2.24, 2.45) is 11.3 Å². The summed E-state index contributed by atoms with van der Waals surface area (Å²) in [4.78, 5) is 33.2. The molecule has 3 fully saturated rings. The molecule has 0 unspecified atom stereocenters. The van der Waals surface area contributed by atoms with Crippen molar-refractivity contribution in [2.45, 2.75) is 32.7 Å². The number of ether oxygens (including phenoxy) is 2. The number of fused-ring (bicyclic) bond motifs is 2. The monoisotopic (exact) mass is 373 g/mol. The van der Waals surface area contributed by atoms with Gasteiger partial charge in [0.05, 0.1) is 25.9 Å². The zero-order valence-electron chi connectivity index (χ0n) is 16.0. The number of carbonyl (C=O) groups is 2. The summed E-state index contributed by atoms with van der Waals surface area (Å²) in [5.74, 6) is 0.973. The molecule has 0 bridgehead atoms. The topological polar surface area (TPSA) is 72.0 Å². The minimum Gasteiger partial charge on any atom is -0.491 e. The van der Waals surface area contributed by atoms with Crippen molar-refractivity contribution in [1.82, 2.24) is 14.8 Å². The summed E-state index contributed by atoms with van der Waals surface area (Å²) in [7, 11) is 0. The molecule has 146 valence electrons. The van der Waals surface area contributed by atoms with Crippen LogP contribution in [0.1, 0.15) is 37.2 Å². The predicted octanol–water partition coefficient (Wildman–Crippen LogP) is 1.58. The summed E-state index contributed by atoms with van der Waals surface area (Å²) >= 11 is 0. The Balaban J connectivity index is 1.48. The van der Waals surface area contributed by atoms with Crippen molar-refractivity contribution >= 4 is 11.8 Å². The molecule has 3 aliphatic rings. The maximum Gasteiger partial charge on any atom is 0.276 e. The molecule has 4 rings (SSSR count). The fraction of sp³-hybridized carbons (Fsp3) is 0.650. The first-order chi connectivity index (χ1) is 13.1. The SMILES string of the molecule is CCOc1cccnc1C(=O)N1CCC2(CC1)CN(C(C)=O)[C@@H]1COC[C@@H]12. The van der Waals surface area contributed by atoms with Crippen LogP contribution in [0.15, 0.2) is 18.3 Å². The van der Waals surface area contributed by atoms with E-state index in [-0.39, 0.29) is 23.3 Å². The highest BCUT2D eigenvalue weighted by Crippen LogP contribution is 2.50. The van der Waals surface area contributed by atoms with Crippen LogP contribution in [0.4, 0.5) is 0 Å². The minimum absolute atomic E-state index is 0.0660. The fourth-order valence-electron chi connectivity index (χ4n) is 5.01. The highest BCUT2D eigenvalue weighted by Gasteiger charge is 2.56. The van der Waals surface area contributed by atoms with Gasteiger partial charge in [-0.2, -0.15) is 0 Å². The normalized spacial score (nSPS) is 26.3. The molecule has 0 aromatic carbocycles. The second-order valence-corrected chi connectivity index (χ2v) is 7.80. The predicted molar refractivity (Wildman–Crippen MR) is 98.5 cm³/mol. The summed E-state index contributed by atoms with van der Waals surface area (Å²) in [5.41, 5.74) is 0.449. The number of hydrogen-bond donors (Lipinski definition) is 0. The van der Waals surface area contributed by atoms with E-state index >= 15 is 0 Å². The molecule has 0 N–H and O–H groups in total. The summed E-state index contributed by atoms with van der Waals surface area (Å²) < 4.78 is 11.3. The van der Waals surface area contributed by atoms with Crippen LogP contribution in [-0.4, -0.2) is 72.1 Å². The molecule has 3 saturated heterocycles. The van der Waals surface area contributed by atoms with E-state index in [2.05, 4.69) is 4.98 Å². The number of rotatable bonds is 3. The third kappa shape index (κ3) is 3.08. The quantitative estimate of drug-likeness (QED) is 0.804. The lowest BCUT2D eigenvalue weighted by atomic mass is 9.70. The van der Waals surface area contributed by atoms with Crippen LogP contribution in [0.2, 0.25) is 0 Å². The third-order valence-corrected chi connectivity index (χ3v) is 6.45. The van der Waals surface area contributed by atoms with E-state index in [0.717, 1.165) is 26.0 Å². The number of carbonyl (C=O) groups excluding carboxylic acids is 2. The summed E-state index contributed by atoms with van der Waals surface area (Å²) in [5, 5.41) is 0. The summed E-state index contributed by atoms with van der Waals surface area (Å²) in [6.45, 7) is 7.54. The first-order valence-corrected chi connectivity index (χ1v) is 9.78. The molecule has 2 amide bonds. The Morgan fingerprint density at radius 3 is 2.81 bits per heavy atom. The van der Waals surface area contributed by atoms with Gasteiger partial charge in [0.1, 0.15) is 0 Å². The van der Waals surface area contributed by atoms with Gasteiger partial charge in [-0.1, -0.05) is 0 Å². The van der Waals surface area contributed by atoms with E-state index in [0.29, 0.717) is 43.7 Å². The lowest BCUT2D eigenvalue weighted by Gasteiger charge is -2.42. The minimum atomic E-state index is -0.0745. The Kier molecular flexibility index (Phi) is 4.80. The van der Waals surface area contributed by atoms with Crippen LogP contribution in [-0.2, 0) is 9.53 Å². The van der Waals surface area contributed by atoms with Crippen molar-refractivity contribution < 1.29 is 19.1 Å². The van der Waals surface area contributed by atoms with Crippen molar-refractivity contribution in [1.29, 1.82) is 0 Å². The number of nitrogens with zero attached hydrogens (tertiary/aromatic N) is 3. The van der Waals surface area contributed by atoms with Crippen LogP contribution >= 0.6 is 0 Å². The second-order valence-electron chi connectivity index (χ2n) is 7.80. The van der Waals surface area contributed by atoms with Crippen molar-refractivity contribution in [3.63, 3.8) is 0 Å². The van der Waals surface area contributed by atoms with Gasteiger partial charge in [0.15, 0.2) is 11.4 Å². The number of amides is 2. The van der Waals surface area contributed by atoms with Gasteiger partial charge < -0.3 is 19.3 Å². The van der Waals surface area contributed by atoms with E-state index < -0.39 is 0 Å². The Morgan fingerprint density at radius 2 is 2.11 bits per heavy atom. The van der Waals surface area contributed by atoms with Crippen LogP contribution in [0.25, 0.3) is 0 Å². The molecule has 1 aromatic rings. The van der Waals surface area contributed by atoms with E-state index in [1.165, 1.54) is 0 Å². The van der Waals surface area contributed by atoms with Gasteiger partial charge in [-0.05, 0) is 37.3 Å². The molecular weight excluding hydrogens is 346 g/mol. The number of piperidine rings is 1. The Bertz CT molecular complexity index is 730. The smallest absolute Gasteiger partial charge is 0.276 e. The number of aromatic nitrogens is 1. The van der Waals surface area contributed by atoms with E-state index in [9.17, 15) is 9.59 Å². The summed E-state index contributed by atoms with van der Waals surface area (Å²) in [6, 6.07) is 3.77. The maximum absolute atomic E-state index is 13.0. The lowest BCUT2D eigenvalue weighted by molar-refractivity contribution is -0.130. The van der Waals surface area contributed by atoms with E-state index in [4.69, 9.17) is 9.47 Å².